The van der Waals surface area contributed by atoms with Gasteiger partial charge in [0.15, 0.2) is 0 Å². The predicted octanol–water partition coefficient (Wildman–Crippen LogP) is 3.91. The topological polar surface area (TPSA) is 32.3 Å². The molecule has 1 amide bonds. The number of rotatable bonds is 6. The number of hydrogen-bond acceptors (Lipinski definition) is 2. The van der Waals surface area contributed by atoms with E-state index in [1.165, 1.54) is 11.1 Å². The van der Waals surface area contributed by atoms with E-state index >= 15 is 0 Å². The average molecular weight is 357 g/mol. The molecule has 3 rings (SSSR count). The number of carbonyl (C=O) groups excluding carboxylic acids is 1. The van der Waals surface area contributed by atoms with E-state index in [4.69, 9.17) is 11.6 Å². The molecule has 1 saturated heterocycles. The first kappa shape index (κ1) is 18.0. The van der Waals surface area contributed by atoms with E-state index < -0.39 is 0 Å². The summed E-state index contributed by atoms with van der Waals surface area (Å²) in [4.78, 5) is 14.9. The summed E-state index contributed by atoms with van der Waals surface area (Å²) in [6.45, 7) is 3.52. The average Bonchev–Trinajstić information content (AvgIpc) is 2.64. The van der Waals surface area contributed by atoms with Crippen molar-refractivity contribution in [3.63, 3.8) is 0 Å². The van der Waals surface area contributed by atoms with Crippen molar-refractivity contribution in [2.75, 3.05) is 19.6 Å². The number of hydrogen-bond donors (Lipinski definition) is 1. The van der Waals surface area contributed by atoms with Crippen LogP contribution in [0, 0.1) is 5.92 Å². The van der Waals surface area contributed by atoms with Gasteiger partial charge in [-0.3, -0.25) is 9.69 Å². The molecule has 1 aliphatic rings. The third kappa shape index (κ3) is 5.58. The number of benzene rings is 2. The molecule has 0 radical (unpaired) electrons. The van der Waals surface area contributed by atoms with E-state index in [2.05, 4.69) is 34.5 Å². The van der Waals surface area contributed by atoms with Crippen LogP contribution in [0.3, 0.4) is 0 Å². The van der Waals surface area contributed by atoms with E-state index in [0.717, 1.165) is 43.9 Å². The third-order valence-corrected chi connectivity index (χ3v) is 5.00. The minimum absolute atomic E-state index is 0.0997. The lowest BCUT2D eigenvalue weighted by atomic mass is 9.96. The molecule has 1 atom stereocenters. The van der Waals surface area contributed by atoms with Gasteiger partial charge in [-0.05, 0) is 49.1 Å². The summed E-state index contributed by atoms with van der Waals surface area (Å²) in [5, 5.41) is 3.85. The first-order valence-electron chi connectivity index (χ1n) is 8.99. The van der Waals surface area contributed by atoms with Crippen LogP contribution in [0.1, 0.15) is 24.0 Å². The number of carbonyl (C=O) groups is 1. The molecule has 0 saturated carbocycles. The van der Waals surface area contributed by atoms with Gasteiger partial charge >= 0.3 is 0 Å². The van der Waals surface area contributed by atoms with Crippen LogP contribution in [-0.4, -0.2) is 30.4 Å². The van der Waals surface area contributed by atoms with Gasteiger partial charge in [0.25, 0.3) is 0 Å². The molecule has 0 bridgehead atoms. The first-order valence-corrected chi connectivity index (χ1v) is 9.37. The Hall–Kier alpha value is -1.84. The summed E-state index contributed by atoms with van der Waals surface area (Å²) in [5.41, 5.74) is 2.50. The minimum Gasteiger partial charge on any atom is -0.355 e. The van der Waals surface area contributed by atoms with Crippen molar-refractivity contribution in [1.29, 1.82) is 0 Å². The molecule has 1 heterocycles. The van der Waals surface area contributed by atoms with Gasteiger partial charge in [-0.2, -0.15) is 0 Å². The second kappa shape index (κ2) is 9.02. The number of halogens is 1. The fraction of sp³-hybridized carbons (Fsp3) is 0.381. The summed E-state index contributed by atoms with van der Waals surface area (Å²) in [6.07, 6.45) is 2.91. The van der Waals surface area contributed by atoms with Crippen molar-refractivity contribution < 1.29 is 4.79 Å². The molecule has 0 aromatic heterocycles. The Morgan fingerprint density at radius 1 is 1.08 bits per heavy atom. The second-order valence-corrected chi connectivity index (χ2v) is 7.16. The molecule has 0 spiro atoms. The zero-order valence-corrected chi connectivity index (χ0v) is 15.2. The van der Waals surface area contributed by atoms with Crippen LogP contribution in [0.2, 0.25) is 5.02 Å². The minimum atomic E-state index is 0.0997. The lowest BCUT2D eigenvalue weighted by molar-refractivity contribution is -0.126. The smallest absolute Gasteiger partial charge is 0.224 e. The Morgan fingerprint density at radius 3 is 2.60 bits per heavy atom. The molecule has 0 aliphatic carbocycles. The molecule has 2 aromatic rings. The Morgan fingerprint density at radius 2 is 1.84 bits per heavy atom. The lowest BCUT2D eigenvalue weighted by Gasteiger charge is -2.32. The van der Waals surface area contributed by atoms with Crippen LogP contribution in [0.4, 0.5) is 0 Å². The maximum Gasteiger partial charge on any atom is 0.224 e. The fourth-order valence-electron chi connectivity index (χ4n) is 3.38. The van der Waals surface area contributed by atoms with Gasteiger partial charge in [0, 0.05) is 24.7 Å². The van der Waals surface area contributed by atoms with Gasteiger partial charge in [0.05, 0.1) is 5.92 Å². The van der Waals surface area contributed by atoms with Gasteiger partial charge in [-0.25, -0.2) is 0 Å². The summed E-state index contributed by atoms with van der Waals surface area (Å²) in [5.74, 6) is 0.286. The summed E-state index contributed by atoms with van der Waals surface area (Å²) in [6, 6.07) is 18.3. The highest BCUT2D eigenvalue weighted by Crippen LogP contribution is 2.19. The van der Waals surface area contributed by atoms with E-state index in [-0.39, 0.29) is 11.8 Å². The Balaban J connectivity index is 1.44. The molecule has 1 fully saturated rings. The molecular formula is C21H25ClN2O. The third-order valence-electron chi connectivity index (χ3n) is 4.75. The van der Waals surface area contributed by atoms with Crippen molar-refractivity contribution in [2.24, 2.45) is 5.92 Å². The quantitative estimate of drug-likeness (QED) is 0.851. The van der Waals surface area contributed by atoms with E-state index in [0.29, 0.717) is 6.54 Å². The standard InChI is InChI=1S/C21H25ClN2O/c22-20-10-8-17(9-11-20)12-13-23-21(25)19-7-4-14-24(16-19)15-18-5-2-1-3-6-18/h1-3,5-6,8-11,19H,4,7,12-16H2,(H,23,25). The fourth-order valence-corrected chi connectivity index (χ4v) is 3.51. The van der Waals surface area contributed by atoms with Crippen molar-refractivity contribution >= 4 is 17.5 Å². The van der Waals surface area contributed by atoms with Gasteiger partial charge in [0.2, 0.25) is 5.91 Å². The molecule has 1 unspecified atom stereocenters. The lowest BCUT2D eigenvalue weighted by Crippen LogP contribution is -2.43. The Kier molecular flexibility index (Phi) is 6.48. The molecular weight excluding hydrogens is 332 g/mol. The van der Waals surface area contributed by atoms with Crippen LogP contribution >= 0.6 is 11.6 Å². The van der Waals surface area contributed by atoms with Crippen molar-refractivity contribution in [2.45, 2.75) is 25.8 Å². The van der Waals surface area contributed by atoms with Gasteiger partial charge in [0.1, 0.15) is 0 Å². The molecule has 132 valence electrons. The number of nitrogens with zero attached hydrogens (tertiary/aromatic N) is 1. The highest BCUT2D eigenvalue weighted by atomic mass is 35.5. The monoisotopic (exact) mass is 356 g/mol. The molecule has 1 N–H and O–H groups in total. The highest BCUT2D eigenvalue weighted by molar-refractivity contribution is 6.30. The number of piperidine rings is 1. The van der Waals surface area contributed by atoms with Gasteiger partial charge < -0.3 is 5.32 Å². The normalized spacial score (nSPS) is 18.0. The van der Waals surface area contributed by atoms with Crippen molar-refractivity contribution in [1.82, 2.24) is 10.2 Å². The zero-order valence-electron chi connectivity index (χ0n) is 14.5. The van der Waals surface area contributed by atoms with Crippen molar-refractivity contribution in [3.05, 3.63) is 70.7 Å². The first-order chi connectivity index (χ1) is 12.2. The summed E-state index contributed by atoms with van der Waals surface area (Å²) >= 11 is 5.89. The van der Waals surface area contributed by atoms with Gasteiger partial charge in [-0.15, -0.1) is 0 Å². The van der Waals surface area contributed by atoms with Crippen LogP contribution in [0.25, 0.3) is 0 Å². The van der Waals surface area contributed by atoms with E-state index in [1.54, 1.807) is 0 Å². The maximum absolute atomic E-state index is 12.5. The molecule has 4 heteroatoms. The van der Waals surface area contributed by atoms with E-state index in [1.807, 2.05) is 30.3 Å². The van der Waals surface area contributed by atoms with Crippen molar-refractivity contribution in [3.8, 4) is 0 Å². The predicted molar refractivity (Wildman–Crippen MR) is 103 cm³/mol. The summed E-state index contributed by atoms with van der Waals surface area (Å²) in [7, 11) is 0. The van der Waals surface area contributed by atoms with Gasteiger partial charge in [-0.1, -0.05) is 54.1 Å². The molecule has 1 aliphatic heterocycles. The maximum atomic E-state index is 12.5. The number of likely N-dealkylation sites (tertiary alicyclic amines) is 1. The van der Waals surface area contributed by atoms with Crippen LogP contribution < -0.4 is 5.32 Å². The summed E-state index contributed by atoms with van der Waals surface area (Å²) < 4.78 is 0. The molecule has 3 nitrogen and oxygen atoms in total. The highest BCUT2D eigenvalue weighted by Gasteiger charge is 2.25. The Labute approximate surface area is 155 Å². The molecule has 25 heavy (non-hydrogen) atoms. The van der Waals surface area contributed by atoms with Crippen LogP contribution in [-0.2, 0) is 17.8 Å². The molecule has 2 aromatic carbocycles. The van der Waals surface area contributed by atoms with Crippen LogP contribution in [0.15, 0.2) is 54.6 Å². The zero-order chi connectivity index (χ0) is 17.5. The Bertz CT molecular complexity index is 672. The second-order valence-electron chi connectivity index (χ2n) is 6.73. The van der Waals surface area contributed by atoms with Crippen LogP contribution in [0.5, 0.6) is 0 Å². The van der Waals surface area contributed by atoms with E-state index in [9.17, 15) is 4.79 Å². The number of amides is 1. The largest absolute Gasteiger partial charge is 0.355 e. The SMILES string of the molecule is O=C(NCCc1ccc(Cl)cc1)C1CCCN(Cc2ccccc2)C1. The number of nitrogens with one attached hydrogen (secondary N) is 1.